The van der Waals surface area contributed by atoms with Crippen LogP contribution in [0.15, 0.2) is 4.42 Å². The van der Waals surface area contributed by atoms with Crippen LogP contribution in [0.25, 0.3) is 0 Å². The fourth-order valence-electron chi connectivity index (χ4n) is 2.71. The van der Waals surface area contributed by atoms with E-state index in [0.717, 1.165) is 5.92 Å². The molecule has 1 saturated carbocycles. The third-order valence-corrected chi connectivity index (χ3v) is 3.98. The zero-order valence-corrected chi connectivity index (χ0v) is 13.4. The Balaban J connectivity index is 1.93. The van der Waals surface area contributed by atoms with Crippen molar-refractivity contribution in [2.24, 2.45) is 5.92 Å². The maximum absolute atomic E-state index is 5.77. The number of rotatable bonds is 4. The van der Waals surface area contributed by atoms with E-state index in [4.69, 9.17) is 4.42 Å². The third kappa shape index (κ3) is 4.20. The first-order valence-electron chi connectivity index (χ1n) is 7.65. The summed E-state index contributed by atoms with van der Waals surface area (Å²) >= 11 is 0. The largest absolute Gasteiger partial charge is 0.407 e. The Hall–Kier alpha value is -1.10. The van der Waals surface area contributed by atoms with Crippen LogP contribution in [0, 0.1) is 5.92 Å². The molecule has 0 radical (unpaired) electrons. The molecule has 0 spiro atoms. The molecule has 1 aromatic heterocycles. The molecule has 1 aliphatic carbocycles. The first-order valence-corrected chi connectivity index (χ1v) is 7.65. The van der Waals surface area contributed by atoms with Crippen LogP contribution < -0.4 is 10.2 Å². The van der Waals surface area contributed by atoms with Gasteiger partial charge in [0.2, 0.25) is 5.89 Å². The predicted octanol–water partition coefficient (Wildman–Crippen LogP) is 2.97. The highest BCUT2D eigenvalue weighted by Crippen LogP contribution is 2.28. The average molecular weight is 280 g/mol. The summed E-state index contributed by atoms with van der Waals surface area (Å²) in [6.07, 6.45) is 5.07. The fourth-order valence-corrected chi connectivity index (χ4v) is 2.71. The lowest BCUT2D eigenvalue weighted by atomic mass is 9.86. The van der Waals surface area contributed by atoms with E-state index in [-0.39, 0.29) is 5.54 Å². The Morgan fingerprint density at radius 3 is 2.70 bits per heavy atom. The third-order valence-electron chi connectivity index (χ3n) is 3.98. The molecule has 5 heteroatoms. The molecule has 0 aliphatic heterocycles. The van der Waals surface area contributed by atoms with Gasteiger partial charge in [-0.25, -0.2) is 0 Å². The van der Waals surface area contributed by atoms with Crippen molar-refractivity contribution in [1.29, 1.82) is 0 Å². The van der Waals surface area contributed by atoms with Crippen molar-refractivity contribution in [3.63, 3.8) is 0 Å². The number of anilines is 1. The SMILES string of the molecule is CC1CCCC(N(C)c2nnc(CNC(C)(C)C)o2)C1. The molecule has 5 nitrogen and oxygen atoms in total. The maximum Gasteiger partial charge on any atom is 0.318 e. The van der Waals surface area contributed by atoms with Gasteiger partial charge in [-0.2, -0.15) is 0 Å². The van der Waals surface area contributed by atoms with Crippen LogP contribution in [0.5, 0.6) is 0 Å². The molecule has 0 bridgehead atoms. The first-order chi connectivity index (χ1) is 9.35. The molecular weight excluding hydrogens is 252 g/mol. The zero-order valence-electron chi connectivity index (χ0n) is 13.4. The van der Waals surface area contributed by atoms with Crippen LogP contribution in [0.3, 0.4) is 0 Å². The summed E-state index contributed by atoms with van der Waals surface area (Å²) in [5, 5.41) is 11.7. The Labute approximate surface area is 122 Å². The van der Waals surface area contributed by atoms with Gasteiger partial charge in [0.25, 0.3) is 0 Å². The van der Waals surface area contributed by atoms with E-state index >= 15 is 0 Å². The Morgan fingerprint density at radius 2 is 2.05 bits per heavy atom. The summed E-state index contributed by atoms with van der Waals surface area (Å²) in [5.74, 6) is 1.45. The van der Waals surface area contributed by atoms with Gasteiger partial charge >= 0.3 is 6.01 Å². The van der Waals surface area contributed by atoms with E-state index in [1.54, 1.807) is 0 Å². The first kappa shape index (κ1) is 15.3. The molecule has 2 atom stereocenters. The molecule has 0 amide bonds. The van der Waals surface area contributed by atoms with Crippen LogP contribution in [-0.2, 0) is 6.54 Å². The topological polar surface area (TPSA) is 54.2 Å². The summed E-state index contributed by atoms with van der Waals surface area (Å²) in [4.78, 5) is 2.16. The predicted molar refractivity (Wildman–Crippen MR) is 80.7 cm³/mol. The van der Waals surface area contributed by atoms with Gasteiger partial charge in [0, 0.05) is 18.6 Å². The number of nitrogens with zero attached hydrogens (tertiary/aromatic N) is 3. The van der Waals surface area contributed by atoms with Crippen molar-refractivity contribution in [1.82, 2.24) is 15.5 Å². The second-order valence-corrected chi connectivity index (χ2v) is 7.12. The molecule has 1 aliphatic rings. The average Bonchev–Trinajstić information content (AvgIpc) is 2.83. The van der Waals surface area contributed by atoms with Gasteiger partial charge in [0.1, 0.15) is 0 Å². The lowest BCUT2D eigenvalue weighted by Gasteiger charge is -2.32. The molecule has 114 valence electrons. The number of hydrogen-bond donors (Lipinski definition) is 1. The summed E-state index contributed by atoms with van der Waals surface area (Å²) in [6.45, 7) is 9.32. The summed E-state index contributed by atoms with van der Waals surface area (Å²) in [6, 6.07) is 1.18. The Bertz CT molecular complexity index is 424. The number of aromatic nitrogens is 2. The Morgan fingerprint density at radius 1 is 1.30 bits per heavy atom. The van der Waals surface area contributed by atoms with E-state index in [1.807, 2.05) is 0 Å². The molecule has 0 aromatic carbocycles. The molecule has 1 aromatic rings. The highest BCUT2D eigenvalue weighted by Gasteiger charge is 2.25. The van der Waals surface area contributed by atoms with Crippen LogP contribution in [-0.4, -0.2) is 28.8 Å². The minimum absolute atomic E-state index is 0.0549. The Kier molecular flexibility index (Phi) is 4.68. The van der Waals surface area contributed by atoms with E-state index < -0.39 is 0 Å². The van der Waals surface area contributed by atoms with Gasteiger partial charge in [0.05, 0.1) is 6.54 Å². The van der Waals surface area contributed by atoms with Crippen molar-refractivity contribution in [2.75, 3.05) is 11.9 Å². The van der Waals surface area contributed by atoms with E-state index in [1.165, 1.54) is 25.7 Å². The quantitative estimate of drug-likeness (QED) is 0.919. The summed E-state index contributed by atoms with van der Waals surface area (Å²) in [5.41, 5.74) is 0.0549. The van der Waals surface area contributed by atoms with Gasteiger partial charge in [-0.05, 0) is 39.5 Å². The molecule has 1 heterocycles. The normalized spacial score (nSPS) is 23.9. The molecule has 0 saturated heterocycles. The van der Waals surface area contributed by atoms with E-state index in [0.29, 0.717) is 24.5 Å². The van der Waals surface area contributed by atoms with Crippen molar-refractivity contribution < 1.29 is 4.42 Å². The summed E-state index contributed by atoms with van der Waals surface area (Å²) < 4.78 is 5.77. The second kappa shape index (κ2) is 6.12. The minimum Gasteiger partial charge on any atom is -0.407 e. The maximum atomic E-state index is 5.77. The second-order valence-electron chi connectivity index (χ2n) is 7.12. The van der Waals surface area contributed by atoms with Crippen LogP contribution in [0.4, 0.5) is 6.01 Å². The minimum atomic E-state index is 0.0549. The molecule has 2 rings (SSSR count). The smallest absolute Gasteiger partial charge is 0.318 e. The molecular formula is C15H28N4O. The van der Waals surface area contributed by atoms with Gasteiger partial charge in [-0.3, -0.25) is 0 Å². The molecule has 20 heavy (non-hydrogen) atoms. The van der Waals surface area contributed by atoms with Crippen molar-refractivity contribution in [2.45, 2.75) is 71.5 Å². The monoisotopic (exact) mass is 280 g/mol. The van der Waals surface area contributed by atoms with Crippen molar-refractivity contribution >= 4 is 6.01 Å². The number of hydrogen-bond acceptors (Lipinski definition) is 5. The highest BCUT2D eigenvalue weighted by atomic mass is 16.4. The van der Waals surface area contributed by atoms with Crippen LogP contribution >= 0.6 is 0 Å². The van der Waals surface area contributed by atoms with Crippen molar-refractivity contribution in [3.05, 3.63) is 5.89 Å². The van der Waals surface area contributed by atoms with Crippen LogP contribution in [0.1, 0.15) is 59.3 Å². The van der Waals surface area contributed by atoms with Gasteiger partial charge in [-0.1, -0.05) is 24.9 Å². The zero-order chi connectivity index (χ0) is 14.8. The van der Waals surface area contributed by atoms with Gasteiger partial charge in [0.15, 0.2) is 0 Å². The van der Waals surface area contributed by atoms with Gasteiger partial charge < -0.3 is 14.6 Å². The standard InChI is InChI=1S/C15H28N4O/c1-11-7-6-8-12(9-11)19(5)14-18-17-13(20-14)10-16-15(2,3)4/h11-12,16H,6-10H2,1-5H3. The lowest BCUT2D eigenvalue weighted by molar-refractivity contribution is 0.323. The molecule has 2 unspecified atom stereocenters. The van der Waals surface area contributed by atoms with Crippen molar-refractivity contribution in [3.8, 4) is 0 Å². The summed E-state index contributed by atoms with van der Waals surface area (Å²) in [7, 11) is 2.07. The van der Waals surface area contributed by atoms with E-state index in [9.17, 15) is 0 Å². The molecule has 1 fully saturated rings. The van der Waals surface area contributed by atoms with E-state index in [2.05, 4.69) is 55.2 Å². The van der Waals surface area contributed by atoms with Crippen LogP contribution in [0.2, 0.25) is 0 Å². The molecule has 1 N–H and O–H groups in total. The lowest BCUT2D eigenvalue weighted by Crippen LogP contribution is -2.36. The number of nitrogens with one attached hydrogen (secondary N) is 1. The fraction of sp³-hybridized carbons (Fsp3) is 0.867. The van der Waals surface area contributed by atoms with Gasteiger partial charge in [-0.15, -0.1) is 5.10 Å². The highest BCUT2D eigenvalue weighted by molar-refractivity contribution is 5.24.